The molecule has 1 aromatic carbocycles. The predicted octanol–water partition coefficient (Wildman–Crippen LogP) is -1.43. The van der Waals surface area contributed by atoms with Crippen LogP contribution in [0.4, 0.5) is 0 Å². The number of phenolic OH excluding ortho intramolecular Hbond substituents is 1. The number of likely N-dealkylation sites (N-methyl/N-ethyl adjacent to an activating group) is 1. The average molecular weight is 458 g/mol. The molecule has 0 spiro atoms. The van der Waals surface area contributed by atoms with Gasteiger partial charge in [0.15, 0.2) is 34.7 Å². The number of aliphatic hydroxyl groups is 1. The van der Waals surface area contributed by atoms with Gasteiger partial charge in [0.25, 0.3) is 0 Å². The summed E-state index contributed by atoms with van der Waals surface area (Å²) in [5.74, 6) is -13.1. The largest absolute Gasteiger partial charge is 0.507 e. The number of phenols is 1. The molecule has 0 saturated heterocycles. The van der Waals surface area contributed by atoms with Crippen molar-refractivity contribution >= 4 is 35.0 Å². The van der Waals surface area contributed by atoms with Crippen molar-refractivity contribution in [1.82, 2.24) is 4.90 Å². The highest BCUT2D eigenvalue weighted by molar-refractivity contribution is 6.32. The Hall–Kier alpha value is -3.44. The average Bonchev–Trinajstić information content (AvgIpc) is 2.70. The minimum absolute atomic E-state index is 0.0527. The number of amides is 1. The Labute approximate surface area is 187 Å². The molecule has 3 aliphatic rings. The molecule has 5 N–H and O–H groups in total. The number of carboxylic acids is 1. The topological polar surface area (TPSA) is 192 Å². The molecule has 0 radical (unpaired) electrons. The zero-order valence-corrected chi connectivity index (χ0v) is 17.8. The fourth-order valence-corrected chi connectivity index (χ4v) is 5.81. The van der Waals surface area contributed by atoms with Crippen LogP contribution < -0.4 is 5.73 Å². The summed E-state index contributed by atoms with van der Waals surface area (Å²) in [4.78, 5) is 77.9. The first kappa shape index (κ1) is 22.7. The minimum Gasteiger partial charge on any atom is -0.507 e. The molecule has 11 nitrogen and oxygen atoms in total. The van der Waals surface area contributed by atoms with Crippen LogP contribution in [0.2, 0.25) is 0 Å². The third kappa shape index (κ3) is 2.89. The number of aromatic carboxylic acids is 1. The van der Waals surface area contributed by atoms with E-state index >= 15 is 0 Å². The third-order valence-corrected chi connectivity index (χ3v) is 7.18. The van der Waals surface area contributed by atoms with Gasteiger partial charge in [0.2, 0.25) is 5.91 Å². The van der Waals surface area contributed by atoms with Gasteiger partial charge in [-0.15, -0.1) is 0 Å². The number of fused-ring (bicyclic) bond motifs is 3. The second-order valence-electron chi connectivity index (χ2n) is 9.08. The summed E-state index contributed by atoms with van der Waals surface area (Å²) < 4.78 is 0. The van der Waals surface area contributed by atoms with Crippen LogP contribution in [-0.2, 0) is 25.6 Å². The van der Waals surface area contributed by atoms with E-state index in [0.717, 1.165) is 12.1 Å². The van der Waals surface area contributed by atoms with Crippen LogP contribution >= 0.6 is 0 Å². The van der Waals surface area contributed by atoms with Crippen LogP contribution in [0, 0.1) is 23.7 Å². The normalized spacial score (nSPS) is 33.4. The Morgan fingerprint density at radius 1 is 1.12 bits per heavy atom. The second kappa shape index (κ2) is 7.29. The highest BCUT2D eigenvalue weighted by Crippen LogP contribution is 2.50. The number of carboxylic acid groups (broad SMARTS) is 1. The number of aromatic hydroxyl groups is 1. The summed E-state index contributed by atoms with van der Waals surface area (Å²) in [7, 11) is 2.96. The summed E-state index contributed by atoms with van der Waals surface area (Å²) >= 11 is 0. The van der Waals surface area contributed by atoms with Gasteiger partial charge in [0, 0.05) is 5.92 Å². The molecule has 2 saturated carbocycles. The fourth-order valence-electron chi connectivity index (χ4n) is 5.81. The van der Waals surface area contributed by atoms with Gasteiger partial charge in [-0.05, 0) is 50.6 Å². The fraction of sp³-hybridized carbons (Fsp3) is 0.455. The van der Waals surface area contributed by atoms with E-state index in [9.17, 15) is 44.1 Å². The lowest BCUT2D eigenvalue weighted by Gasteiger charge is -2.52. The molecule has 4 rings (SSSR count). The molecule has 3 unspecified atom stereocenters. The van der Waals surface area contributed by atoms with Gasteiger partial charge in [0.1, 0.15) is 5.75 Å². The first-order valence-electron chi connectivity index (χ1n) is 10.3. The number of carbonyl (C=O) groups excluding carboxylic acids is 5. The zero-order chi connectivity index (χ0) is 24.6. The number of nitrogens with two attached hydrogens (primary N) is 1. The van der Waals surface area contributed by atoms with Gasteiger partial charge in [-0.1, -0.05) is 0 Å². The molecule has 2 fully saturated rings. The summed E-state index contributed by atoms with van der Waals surface area (Å²) in [6.07, 6.45) is -0.236. The quantitative estimate of drug-likeness (QED) is 0.390. The molecule has 0 aromatic heterocycles. The van der Waals surface area contributed by atoms with Crippen LogP contribution in [0.15, 0.2) is 12.1 Å². The van der Waals surface area contributed by atoms with Crippen molar-refractivity contribution in [1.29, 1.82) is 0 Å². The van der Waals surface area contributed by atoms with Crippen LogP contribution in [-0.4, -0.2) is 81.0 Å². The second-order valence-corrected chi connectivity index (χ2v) is 9.08. The molecule has 0 bridgehead atoms. The first-order valence-corrected chi connectivity index (χ1v) is 10.3. The number of carbonyl (C=O) groups is 6. The zero-order valence-electron chi connectivity index (χ0n) is 17.8. The maximum atomic E-state index is 13.5. The lowest BCUT2D eigenvalue weighted by molar-refractivity contribution is -0.181. The van der Waals surface area contributed by atoms with Gasteiger partial charge in [0.05, 0.1) is 23.1 Å². The van der Waals surface area contributed by atoms with Gasteiger partial charge in [-0.3, -0.25) is 28.9 Å². The van der Waals surface area contributed by atoms with Crippen LogP contribution in [0.5, 0.6) is 5.75 Å². The molecule has 0 aliphatic heterocycles. The Balaban J connectivity index is 1.90. The Morgan fingerprint density at radius 2 is 1.76 bits per heavy atom. The lowest BCUT2D eigenvalue weighted by atomic mass is 9.52. The molecular formula is C22H22N2O9. The van der Waals surface area contributed by atoms with Gasteiger partial charge >= 0.3 is 5.97 Å². The monoisotopic (exact) mass is 458 g/mol. The Bertz CT molecular complexity index is 1160. The van der Waals surface area contributed by atoms with Gasteiger partial charge in [-0.2, -0.15) is 0 Å². The van der Waals surface area contributed by atoms with E-state index in [1.165, 1.54) is 19.0 Å². The standard InChI is InChI=1S/C22H22N2O9/c1-24(2)15-10-6-7-5-9-8(21(31)32)3-4-11(25)13(9)16(26)12(7)18(28)22(10,33)19(29)14(17(15)27)20(23)30/h3-4,7,10,12,14-15,25,33H,5-6H2,1-2H3,(H2,23,30)(H,31,32)/t7-,10-,12?,14?,15?,22-/m0/s1. The number of primary amides is 1. The number of rotatable bonds is 3. The molecular weight excluding hydrogens is 436 g/mol. The summed E-state index contributed by atoms with van der Waals surface area (Å²) in [6, 6.07) is 0.967. The van der Waals surface area contributed by atoms with Crippen molar-refractivity contribution < 1.29 is 44.1 Å². The van der Waals surface area contributed by atoms with Crippen LogP contribution in [0.1, 0.15) is 32.7 Å². The van der Waals surface area contributed by atoms with Crippen molar-refractivity contribution in [2.24, 2.45) is 29.4 Å². The van der Waals surface area contributed by atoms with Crippen LogP contribution in [0.25, 0.3) is 0 Å². The highest BCUT2D eigenvalue weighted by atomic mass is 16.4. The van der Waals surface area contributed by atoms with Gasteiger partial charge < -0.3 is 21.1 Å². The third-order valence-electron chi connectivity index (χ3n) is 7.18. The summed E-state index contributed by atoms with van der Waals surface area (Å²) in [6.45, 7) is 0. The number of hydrogen-bond acceptors (Lipinski definition) is 9. The molecule has 1 amide bonds. The number of ketones is 4. The molecule has 11 heteroatoms. The lowest BCUT2D eigenvalue weighted by Crippen LogP contribution is -2.74. The molecule has 6 atom stereocenters. The van der Waals surface area contributed by atoms with E-state index in [1.54, 1.807) is 0 Å². The Morgan fingerprint density at radius 3 is 2.30 bits per heavy atom. The summed E-state index contributed by atoms with van der Waals surface area (Å²) in [5, 5.41) is 31.2. The summed E-state index contributed by atoms with van der Waals surface area (Å²) in [5.41, 5.74) is 1.93. The maximum absolute atomic E-state index is 13.5. The van der Waals surface area contributed by atoms with Crippen LogP contribution in [0.3, 0.4) is 0 Å². The molecule has 33 heavy (non-hydrogen) atoms. The van der Waals surface area contributed by atoms with Crippen molar-refractivity contribution in [3.8, 4) is 5.75 Å². The van der Waals surface area contributed by atoms with Gasteiger partial charge in [-0.25, -0.2) is 4.79 Å². The number of benzene rings is 1. The number of hydrogen-bond donors (Lipinski definition) is 4. The first-order chi connectivity index (χ1) is 15.3. The molecule has 3 aliphatic carbocycles. The van der Waals surface area contributed by atoms with E-state index in [2.05, 4.69) is 0 Å². The van der Waals surface area contributed by atoms with Crippen molar-refractivity contribution in [3.63, 3.8) is 0 Å². The van der Waals surface area contributed by atoms with Crippen molar-refractivity contribution in [2.75, 3.05) is 14.1 Å². The van der Waals surface area contributed by atoms with E-state index in [0.29, 0.717) is 0 Å². The smallest absolute Gasteiger partial charge is 0.335 e. The van der Waals surface area contributed by atoms with Crippen molar-refractivity contribution in [2.45, 2.75) is 24.5 Å². The maximum Gasteiger partial charge on any atom is 0.335 e. The van der Waals surface area contributed by atoms with E-state index in [4.69, 9.17) is 5.73 Å². The molecule has 1 aromatic rings. The Kier molecular flexibility index (Phi) is 5.02. The number of Topliss-reactive ketones (excluding diaryl/α,β-unsaturated/α-hetero) is 4. The molecule has 174 valence electrons. The SMILES string of the molecule is CN(C)C1C(=O)C(C(N)=O)C(=O)[C@@]2(O)C(=O)C3C(=O)c4c(O)ccc(C(=O)O)c4C[C@H]3C[C@@H]12. The predicted molar refractivity (Wildman–Crippen MR) is 108 cm³/mol. The molecule has 0 heterocycles. The highest BCUT2D eigenvalue weighted by Gasteiger charge is 2.69. The number of nitrogens with zero attached hydrogens (tertiary/aromatic N) is 1. The van der Waals surface area contributed by atoms with Crippen molar-refractivity contribution in [3.05, 3.63) is 28.8 Å². The van der Waals surface area contributed by atoms with E-state index < -0.39 is 76.1 Å². The van der Waals surface area contributed by atoms with E-state index in [-0.39, 0.29) is 29.5 Å². The van der Waals surface area contributed by atoms with E-state index in [1.807, 2.05) is 0 Å². The minimum atomic E-state index is -2.81.